The molecule has 0 aliphatic rings. The maximum atomic E-state index is 11.1. The van der Waals surface area contributed by atoms with Gasteiger partial charge in [-0.1, -0.05) is 0 Å². The van der Waals surface area contributed by atoms with Crippen molar-refractivity contribution in [1.29, 1.82) is 0 Å². The Morgan fingerprint density at radius 2 is 2.10 bits per heavy atom. The highest BCUT2D eigenvalue weighted by molar-refractivity contribution is 5.61. The van der Waals surface area contributed by atoms with Crippen molar-refractivity contribution in [3.8, 4) is 5.88 Å². The molecule has 0 atom stereocenters. The van der Waals surface area contributed by atoms with Gasteiger partial charge in [-0.15, -0.1) is 0 Å². The van der Waals surface area contributed by atoms with Crippen molar-refractivity contribution in [3.05, 3.63) is 15.9 Å². The summed E-state index contributed by atoms with van der Waals surface area (Å²) in [4.78, 5) is 18.5. The zero-order valence-electron chi connectivity index (χ0n) is 12.2. The molecule has 0 unspecified atom stereocenters. The van der Waals surface area contributed by atoms with Crippen LogP contribution < -0.4 is 10.1 Å². The van der Waals surface area contributed by atoms with Gasteiger partial charge in [0.1, 0.15) is 5.82 Å². The Balaban J connectivity index is 2.73. The molecule has 0 aromatic carbocycles. The Morgan fingerprint density at radius 1 is 1.40 bits per heavy atom. The highest BCUT2D eigenvalue weighted by Crippen LogP contribution is 2.31. The van der Waals surface area contributed by atoms with E-state index in [1.807, 2.05) is 13.8 Å². The number of aromatic nitrogens is 2. The molecule has 1 N–H and O–H groups in total. The summed E-state index contributed by atoms with van der Waals surface area (Å²) in [5.41, 5.74) is -0.247. The molecule has 0 aliphatic carbocycles. The fourth-order valence-corrected chi connectivity index (χ4v) is 1.57. The minimum atomic E-state index is -0.550. The van der Waals surface area contributed by atoms with Crippen molar-refractivity contribution >= 4 is 11.5 Å². The summed E-state index contributed by atoms with van der Waals surface area (Å²) in [6.07, 6.45) is 0.895. The number of methoxy groups -OCH3 is 1. The highest BCUT2D eigenvalue weighted by Gasteiger charge is 2.24. The van der Waals surface area contributed by atoms with Crippen molar-refractivity contribution in [2.45, 2.75) is 33.3 Å². The van der Waals surface area contributed by atoms with E-state index in [0.29, 0.717) is 19.0 Å². The predicted molar refractivity (Wildman–Crippen MR) is 74.2 cm³/mol. The predicted octanol–water partition coefficient (Wildman–Crippen LogP) is 1.93. The second-order valence-electron chi connectivity index (χ2n) is 4.43. The molecule has 8 heteroatoms. The summed E-state index contributed by atoms with van der Waals surface area (Å²) in [5.74, 6) is 0.542. The number of rotatable bonds is 8. The van der Waals surface area contributed by atoms with Crippen LogP contribution in [0.2, 0.25) is 0 Å². The fourth-order valence-electron chi connectivity index (χ4n) is 1.57. The molecule has 1 heterocycles. The summed E-state index contributed by atoms with van der Waals surface area (Å²) >= 11 is 0. The first-order valence-electron chi connectivity index (χ1n) is 6.38. The zero-order valence-corrected chi connectivity index (χ0v) is 12.2. The van der Waals surface area contributed by atoms with Crippen molar-refractivity contribution in [2.24, 2.45) is 0 Å². The largest absolute Gasteiger partial charge is 0.476 e. The van der Waals surface area contributed by atoms with Crippen LogP contribution in [0.5, 0.6) is 5.88 Å². The molecule has 1 rings (SSSR count). The van der Waals surface area contributed by atoms with Crippen LogP contribution in [0, 0.1) is 17.0 Å². The normalized spacial score (nSPS) is 10.7. The van der Waals surface area contributed by atoms with E-state index >= 15 is 0 Å². The van der Waals surface area contributed by atoms with Gasteiger partial charge >= 0.3 is 5.69 Å². The summed E-state index contributed by atoms with van der Waals surface area (Å²) in [7, 11) is 1.34. The lowest BCUT2D eigenvalue weighted by Gasteiger charge is -2.10. The van der Waals surface area contributed by atoms with Crippen LogP contribution >= 0.6 is 0 Å². The SMILES string of the molecule is COc1nc(C)nc(NCCCOC(C)C)c1[N+](=O)[O-]. The van der Waals surface area contributed by atoms with Gasteiger partial charge in [-0.3, -0.25) is 10.1 Å². The van der Waals surface area contributed by atoms with Gasteiger partial charge in [-0.2, -0.15) is 4.98 Å². The van der Waals surface area contributed by atoms with Crippen LogP contribution in [-0.4, -0.2) is 41.3 Å². The van der Waals surface area contributed by atoms with Crippen molar-refractivity contribution in [3.63, 3.8) is 0 Å². The monoisotopic (exact) mass is 284 g/mol. The first-order valence-corrected chi connectivity index (χ1v) is 6.38. The van der Waals surface area contributed by atoms with Crippen LogP contribution in [0.25, 0.3) is 0 Å². The van der Waals surface area contributed by atoms with Crippen LogP contribution in [0.1, 0.15) is 26.1 Å². The fraction of sp³-hybridized carbons (Fsp3) is 0.667. The van der Waals surface area contributed by atoms with E-state index in [1.54, 1.807) is 6.92 Å². The van der Waals surface area contributed by atoms with E-state index < -0.39 is 4.92 Å². The quantitative estimate of drug-likeness (QED) is 0.442. The summed E-state index contributed by atoms with van der Waals surface area (Å²) in [6.45, 7) is 6.67. The summed E-state index contributed by atoms with van der Waals surface area (Å²) in [5, 5.41) is 14.0. The number of anilines is 1. The average Bonchev–Trinajstić information content (AvgIpc) is 2.36. The van der Waals surface area contributed by atoms with E-state index in [4.69, 9.17) is 9.47 Å². The van der Waals surface area contributed by atoms with Crippen LogP contribution in [0.3, 0.4) is 0 Å². The maximum Gasteiger partial charge on any atom is 0.372 e. The van der Waals surface area contributed by atoms with E-state index in [1.165, 1.54) is 7.11 Å². The third kappa shape index (κ3) is 4.61. The maximum absolute atomic E-state index is 11.1. The zero-order chi connectivity index (χ0) is 15.1. The van der Waals surface area contributed by atoms with Gasteiger partial charge < -0.3 is 14.8 Å². The molecular weight excluding hydrogens is 264 g/mol. The lowest BCUT2D eigenvalue weighted by molar-refractivity contribution is -0.385. The minimum Gasteiger partial charge on any atom is -0.476 e. The smallest absolute Gasteiger partial charge is 0.372 e. The Labute approximate surface area is 117 Å². The van der Waals surface area contributed by atoms with Gasteiger partial charge in [-0.05, 0) is 27.2 Å². The van der Waals surface area contributed by atoms with E-state index in [9.17, 15) is 10.1 Å². The number of hydrogen-bond donors (Lipinski definition) is 1. The van der Waals surface area contributed by atoms with Gasteiger partial charge in [0, 0.05) is 13.2 Å². The van der Waals surface area contributed by atoms with Crippen LogP contribution in [0.15, 0.2) is 0 Å². The molecule has 0 fully saturated rings. The van der Waals surface area contributed by atoms with Gasteiger partial charge in [0.15, 0.2) is 0 Å². The van der Waals surface area contributed by atoms with Gasteiger partial charge in [0.2, 0.25) is 5.82 Å². The van der Waals surface area contributed by atoms with Crippen molar-refractivity contribution < 1.29 is 14.4 Å². The number of nitrogens with one attached hydrogen (secondary N) is 1. The number of ether oxygens (including phenoxy) is 2. The Morgan fingerprint density at radius 3 is 2.65 bits per heavy atom. The van der Waals surface area contributed by atoms with E-state index in [2.05, 4.69) is 15.3 Å². The summed E-state index contributed by atoms with van der Waals surface area (Å²) in [6, 6.07) is 0. The molecule has 0 radical (unpaired) electrons. The minimum absolute atomic E-state index is 0.0385. The van der Waals surface area contributed by atoms with Crippen LogP contribution in [-0.2, 0) is 4.74 Å². The van der Waals surface area contributed by atoms with E-state index in [0.717, 1.165) is 6.42 Å². The molecule has 0 aliphatic heterocycles. The standard InChI is InChI=1S/C12H20N4O4/c1-8(2)20-7-5-6-13-11-10(16(17)18)12(19-4)15-9(3)14-11/h8H,5-7H2,1-4H3,(H,13,14,15). The first-order chi connectivity index (χ1) is 9.45. The third-order valence-corrected chi connectivity index (χ3v) is 2.40. The second kappa shape index (κ2) is 7.59. The second-order valence-corrected chi connectivity index (χ2v) is 4.43. The lowest BCUT2D eigenvalue weighted by atomic mass is 10.4. The number of hydrogen-bond acceptors (Lipinski definition) is 7. The molecule has 1 aromatic rings. The average molecular weight is 284 g/mol. The highest BCUT2D eigenvalue weighted by atomic mass is 16.6. The number of nitro groups is 1. The molecule has 0 spiro atoms. The molecule has 8 nitrogen and oxygen atoms in total. The Hall–Kier alpha value is -1.96. The topological polar surface area (TPSA) is 99.4 Å². The molecule has 112 valence electrons. The van der Waals surface area contributed by atoms with Crippen molar-refractivity contribution in [1.82, 2.24) is 9.97 Å². The number of nitrogens with zero attached hydrogens (tertiary/aromatic N) is 3. The van der Waals surface area contributed by atoms with E-state index in [-0.39, 0.29) is 23.5 Å². The molecule has 0 amide bonds. The Bertz CT molecular complexity index is 465. The summed E-state index contributed by atoms with van der Waals surface area (Å²) < 4.78 is 10.3. The first kappa shape index (κ1) is 16.1. The Kier molecular flexibility index (Phi) is 6.10. The van der Waals surface area contributed by atoms with Gasteiger partial charge in [-0.25, -0.2) is 4.98 Å². The third-order valence-electron chi connectivity index (χ3n) is 2.40. The van der Waals surface area contributed by atoms with Gasteiger partial charge in [0.25, 0.3) is 5.88 Å². The molecule has 20 heavy (non-hydrogen) atoms. The van der Waals surface area contributed by atoms with Crippen LogP contribution in [0.4, 0.5) is 11.5 Å². The molecular formula is C12H20N4O4. The lowest BCUT2D eigenvalue weighted by Crippen LogP contribution is -2.12. The molecule has 0 bridgehead atoms. The number of aryl methyl sites for hydroxylation is 1. The van der Waals surface area contributed by atoms with Crippen molar-refractivity contribution in [2.75, 3.05) is 25.6 Å². The van der Waals surface area contributed by atoms with Gasteiger partial charge in [0.05, 0.1) is 18.1 Å². The molecule has 0 saturated carbocycles. The molecule has 1 aromatic heterocycles. The molecule has 0 saturated heterocycles.